The molecule has 0 fully saturated rings. The highest BCUT2D eigenvalue weighted by molar-refractivity contribution is 5.94. The number of hydrogen-bond donors (Lipinski definition) is 3. The molecular formula is C16H22N4O2. The summed E-state index contributed by atoms with van der Waals surface area (Å²) in [6.45, 7) is 4.31. The molecule has 6 heteroatoms. The molecule has 1 amide bonds. The Morgan fingerprint density at radius 1 is 1.32 bits per heavy atom. The quantitative estimate of drug-likeness (QED) is 0.759. The average Bonchev–Trinajstić information content (AvgIpc) is 2.95. The van der Waals surface area contributed by atoms with Gasteiger partial charge in [-0.15, -0.1) is 0 Å². The third-order valence-corrected chi connectivity index (χ3v) is 3.94. The van der Waals surface area contributed by atoms with Gasteiger partial charge in [-0.25, -0.2) is 4.68 Å². The lowest BCUT2D eigenvalue weighted by molar-refractivity contribution is 0.0934. The summed E-state index contributed by atoms with van der Waals surface area (Å²) in [6.07, 6.45) is 2.93. The van der Waals surface area contributed by atoms with Gasteiger partial charge >= 0.3 is 0 Å². The van der Waals surface area contributed by atoms with Gasteiger partial charge in [-0.1, -0.05) is 32.0 Å². The first-order valence-electron chi connectivity index (χ1n) is 7.40. The molecule has 2 aromatic rings. The number of aromatic hydroxyl groups is 1. The Hall–Kier alpha value is -2.34. The SMILES string of the molecule is CCC(N)(CC)CNC(=O)c1nn(-c2ccccc2)cc1O. The van der Waals surface area contributed by atoms with Crippen molar-refractivity contribution in [3.63, 3.8) is 0 Å². The Morgan fingerprint density at radius 2 is 1.95 bits per heavy atom. The highest BCUT2D eigenvalue weighted by atomic mass is 16.3. The first kappa shape index (κ1) is 16.0. The van der Waals surface area contributed by atoms with Crippen LogP contribution in [0.3, 0.4) is 0 Å². The summed E-state index contributed by atoms with van der Waals surface area (Å²) < 4.78 is 1.47. The van der Waals surface area contributed by atoms with Gasteiger partial charge in [-0.3, -0.25) is 4.79 Å². The predicted octanol–water partition coefficient (Wildman–Crippen LogP) is 1.83. The molecule has 0 radical (unpaired) electrons. The number of hydrogen-bond acceptors (Lipinski definition) is 4. The number of para-hydroxylation sites is 1. The molecule has 0 unspecified atom stereocenters. The van der Waals surface area contributed by atoms with E-state index in [9.17, 15) is 9.90 Å². The summed E-state index contributed by atoms with van der Waals surface area (Å²) in [5, 5.41) is 16.8. The largest absolute Gasteiger partial charge is 0.504 e. The number of amides is 1. The van der Waals surface area contributed by atoms with Crippen LogP contribution in [0.1, 0.15) is 37.2 Å². The third kappa shape index (κ3) is 3.46. The van der Waals surface area contributed by atoms with Crippen LogP contribution >= 0.6 is 0 Å². The Morgan fingerprint density at radius 3 is 2.55 bits per heavy atom. The zero-order valence-electron chi connectivity index (χ0n) is 12.9. The maximum atomic E-state index is 12.2. The fraction of sp³-hybridized carbons (Fsp3) is 0.375. The normalized spacial score (nSPS) is 11.4. The Balaban J connectivity index is 2.13. The smallest absolute Gasteiger partial charge is 0.275 e. The Kier molecular flexibility index (Phi) is 4.82. The second kappa shape index (κ2) is 6.62. The van der Waals surface area contributed by atoms with Crippen LogP contribution in [0.25, 0.3) is 5.69 Å². The van der Waals surface area contributed by atoms with Gasteiger partial charge in [0.25, 0.3) is 5.91 Å². The van der Waals surface area contributed by atoms with E-state index < -0.39 is 11.4 Å². The monoisotopic (exact) mass is 302 g/mol. The van der Waals surface area contributed by atoms with E-state index in [1.807, 2.05) is 44.2 Å². The first-order chi connectivity index (χ1) is 10.5. The van der Waals surface area contributed by atoms with Crippen molar-refractivity contribution >= 4 is 5.91 Å². The van der Waals surface area contributed by atoms with Gasteiger partial charge < -0.3 is 16.2 Å². The van der Waals surface area contributed by atoms with Crippen molar-refractivity contribution in [3.8, 4) is 11.4 Å². The third-order valence-electron chi connectivity index (χ3n) is 3.94. The zero-order chi connectivity index (χ0) is 16.2. The summed E-state index contributed by atoms with van der Waals surface area (Å²) >= 11 is 0. The molecule has 0 aliphatic carbocycles. The Labute approximate surface area is 129 Å². The van der Waals surface area contributed by atoms with Crippen molar-refractivity contribution in [2.24, 2.45) is 5.73 Å². The zero-order valence-corrected chi connectivity index (χ0v) is 12.9. The Bertz CT molecular complexity index is 633. The topological polar surface area (TPSA) is 93.2 Å². The van der Waals surface area contributed by atoms with Crippen molar-refractivity contribution in [1.29, 1.82) is 0 Å². The van der Waals surface area contributed by atoms with Crippen LogP contribution in [-0.2, 0) is 0 Å². The maximum Gasteiger partial charge on any atom is 0.275 e. The molecule has 0 spiro atoms. The molecule has 1 heterocycles. The van der Waals surface area contributed by atoms with Gasteiger partial charge in [-0.2, -0.15) is 5.10 Å². The minimum Gasteiger partial charge on any atom is -0.504 e. The van der Waals surface area contributed by atoms with Gasteiger partial charge in [0.1, 0.15) is 0 Å². The summed E-state index contributed by atoms with van der Waals surface area (Å²) in [4.78, 5) is 12.2. The van der Waals surface area contributed by atoms with Gasteiger partial charge in [0.2, 0.25) is 0 Å². The van der Waals surface area contributed by atoms with Crippen LogP contribution in [0.15, 0.2) is 36.5 Å². The molecule has 4 N–H and O–H groups in total. The number of nitrogens with two attached hydrogens (primary N) is 1. The molecule has 1 aromatic carbocycles. The molecular weight excluding hydrogens is 280 g/mol. The molecule has 0 saturated carbocycles. The first-order valence-corrected chi connectivity index (χ1v) is 7.40. The van der Waals surface area contributed by atoms with Gasteiger partial charge in [-0.05, 0) is 25.0 Å². The fourth-order valence-corrected chi connectivity index (χ4v) is 2.08. The predicted molar refractivity (Wildman–Crippen MR) is 85.1 cm³/mol. The highest BCUT2D eigenvalue weighted by Gasteiger charge is 2.23. The highest BCUT2D eigenvalue weighted by Crippen LogP contribution is 2.18. The van der Waals surface area contributed by atoms with Crippen LogP contribution in [0.4, 0.5) is 0 Å². The summed E-state index contributed by atoms with van der Waals surface area (Å²) in [5.74, 6) is -0.583. The van der Waals surface area contributed by atoms with Crippen LogP contribution < -0.4 is 11.1 Å². The number of benzene rings is 1. The standard InChI is InChI=1S/C16H22N4O2/c1-3-16(17,4-2)11-18-15(22)14-13(21)10-20(19-14)12-8-6-5-7-9-12/h5-10,21H,3-4,11,17H2,1-2H3,(H,18,22). The lowest BCUT2D eigenvalue weighted by Gasteiger charge is -2.26. The minimum atomic E-state index is -0.437. The number of aromatic nitrogens is 2. The molecule has 2 rings (SSSR count). The van der Waals surface area contributed by atoms with Crippen molar-refractivity contribution < 1.29 is 9.90 Å². The van der Waals surface area contributed by atoms with Crippen molar-refractivity contribution in [3.05, 3.63) is 42.2 Å². The van der Waals surface area contributed by atoms with Crippen molar-refractivity contribution in [2.45, 2.75) is 32.2 Å². The molecule has 0 aliphatic rings. The second-order valence-corrected chi connectivity index (χ2v) is 5.40. The van der Waals surface area contributed by atoms with Crippen LogP contribution in [0.5, 0.6) is 5.75 Å². The number of nitrogens with one attached hydrogen (secondary N) is 1. The lowest BCUT2D eigenvalue weighted by atomic mass is 9.94. The summed E-state index contributed by atoms with van der Waals surface area (Å²) in [7, 11) is 0. The van der Waals surface area contributed by atoms with E-state index in [0.717, 1.165) is 18.5 Å². The summed E-state index contributed by atoms with van der Waals surface area (Å²) in [5.41, 5.74) is 6.49. The van der Waals surface area contributed by atoms with E-state index >= 15 is 0 Å². The molecule has 0 saturated heterocycles. The van der Waals surface area contributed by atoms with E-state index in [4.69, 9.17) is 5.73 Å². The molecule has 118 valence electrons. The van der Waals surface area contributed by atoms with Crippen LogP contribution in [-0.4, -0.2) is 32.9 Å². The molecule has 22 heavy (non-hydrogen) atoms. The number of nitrogens with zero attached hydrogens (tertiary/aromatic N) is 2. The molecule has 0 atom stereocenters. The molecule has 1 aromatic heterocycles. The molecule has 0 bridgehead atoms. The van der Waals surface area contributed by atoms with Crippen LogP contribution in [0.2, 0.25) is 0 Å². The van der Waals surface area contributed by atoms with Crippen molar-refractivity contribution in [1.82, 2.24) is 15.1 Å². The van der Waals surface area contributed by atoms with Crippen LogP contribution in [0, 0.1) is 0 Å². The summed E-state index contributed by atoms with van der Waals surface area (Å²) in [6, 6.07) is 9.29. The van der Waals surface area contributed by atoms with Gasteiger partial charge in [0.05, 0.1) is 11.9 Å². The second-order valence-electron chi connectivity index (χ2n) is 5.40. The molecule has 6 nitrogen and oxygen atoms in total. The molecule has 0 aliphatic heterocycles. The van der Waals surface area contributed by atoms with Gasteiger partial charge in [0.15, 0.2) is 11.4 Å². The van der Waals surface area contributed by atoms with E-state index in [1.165, 1.54) is 10.9 Å². The minimum absolute atomic E-state index is 0.00147. The van der Waals surface area contributed by atoms with E-state index in [0.29, 0.717) is 6.54 Å². The van der Waals surface area contributed by atoms with E-state index in [1.54, 1.807) is 0 Å². The van der Waals surface area contributed by atoms with Crippen molar-refractivity contribution in [2.75, 3.05) is 6.54 Å². The van der Waals surface area contributed by atoms with E-state index in [2.05, 4.69) is 10.4 Å². The number of carbonyl (C=O) groups is 1. The van der Waals surface area contributed by atoms with Gasteiger partial charge in [0, 0.05) is 12.1 Å². The lowest BCUT2D eigenvalue weighted by Crippen LogP contribution is -2.49. The fourth-order valence-electron chi connectivity index (χ4n) is 2.08. The number of rotatable bonds is 6. The van der Waals surface area contributed by atoms with E-state index in [-0.39, 0.29) is 11.4 Å². The number of carbonyl (C=O) groups excluding carboxylic acids is 1. The maximum absolute atomic E-state index is 12.2. The average molecular weight is 302 g/mol.